The third-order valence-corrected chi connectivity index (χ3v) is 2.58. The minimum atomic E-state index is -0.201. The molecule has 0 spiro atoms. The van der Waals surface area contributed by atoms with E-state index in [9.17, 15) is 10.2 Å². The Labute approximate surface area is 109 Å². The fourth-order valence-corrected chi connectivity index (χ4v) is 1.60. The summed E-state index contributed by atoms with van der Waals surface area (Å²) in [5, 5.41) is 19.0. The van der Waals surface area contributed by atoms with E-state index >= 15 is 0 Å². The Bertz CT molecular complexity index is 520. The Hall–Kier alpha value is -2.08. The van der Waals surface area contributed by atoms with E-state index in [1.54, 1.807) is 6.20 Å². The van der Waals surface area contributed by atoms with Crippen molar-refractivity contribution in [2.45, 2.75) is 12.8 Å². The Balaban J connectivity index is 1.90. The summed E-state index contributed by atoms with van der Waals surface area (Å²) in [6.45, 7) is 0. The standard InChI is InChI=1S/C12H12N2O3S/c15-10-5-6-11(16)14(10)17-12(18)7-4-9-3-1-2-8-13-9/h1-3,5-6,8,15-16H,4,7H2. The number of thiocarbonyl (C=S) groups is 1. The van der Waals surface area contributed by atoms with Crippen molar-refractivity contribution in [1.29, 1.82) is 0 Å². The van der Waals surface area contributed by atoms with Crippen LogP contribution in [0.2, 0.25) is 0 Å². The molecule has 0 aliphatic carbocycles. The van der Waals surface area contributed by atoms with E-state index in [1.807, 2.05) is 18.2 Å². The van der Waals surface area contributed by atoms with E-state index in [-0.39, 0.29) is 16.8 Å². The molecule has 0 aromatic carbocycles. The molecule has 2 rings (SSSR count). The number of rotatable bonds is 4. The van der Waals surface area contributed by atoms with Crippen molar-refractivity contribution < 1.29 is 15.1 Å². The van der Waals surface area contributed by atoms with Crippen LogP contribution in [-0.4, -0.2) is 25.0 Å². The zero-order valence-corrected chi connectivity index (χ0v) is 10.3. The van der Waals surface area contributed by atoms with Crippen LogP contribution in [0.3, 0.4) is 0 Å². The summed E-state index contributed by atoms with van der Waals surface area (Å²) in [4.78, 5) is 9.32. The van der Waals surface area contributed by atoms with Crippen molar-refractivity contribution in [2.75, 3.05) is 0 Å². The first-order chi connectivity index (χ1) is 8.66. The lowest BCUT2D eigenvalue weighted by molar-refractivity contribution is 0.188. The molecule has 94 valence electrons. The molecule has 0 aliphatic rings. The number of aryl methyl sites for hydroxylation is 1. The van der Waals surface area contributed by atoms with Gasteiger partial charge in [0, 0.05) is 30.4 Å². The molecular formula is C12H12N2O3S. The highest BCUT2D eigenvalue weighted by Gasteiger charge is 2.09. The lowest BCUT2D eigenvalue weighted by Gasteiger charge is -2.08. The van der Waals surface area contributed by atoms with Crippen LogP contribution < -0.4 is 4.84 Å². The monoisotopic (exact) mass is 264 g/mol. The van der Waals surface area contributed by atoms with Gasteiger partial charge in [-0.1, -0.05) is 6.07 Å². The molecule has 0 unspecified atom stereocenters. The summed E-state index contributed by atoms with van der Waals surface area (Å²) in [6, 6.07) is 8.27. The van der Waals surface area contributed by atoms with Crippen molar-refractivity contribution in [3.8, 4) is 11.8 Å². The van der Waals surface area contributed by atoms with Gasteiger partial charge in [0.05, 0.1) is 0 Å². The Kier molecular flexibility index (Phi) is 3.78. The number of aromatic nitrogens is 2. The van der Waals surface area contributed by atoms with Crippen LogP contribution in [0.15, 0.2) is 36.5 Å². The predicted octanol–water partition coefficient (Wildman–Crippen LogP) is 1.68. The highest BCUT2D eigenvalue weighted by Crippen LogP contribution is 2.19. The highest BCUT2D eigenvalue weighted by atomic mass is 32.1. The first-order valence-electron chi connectivity index (χ1n) is 5.37. The maximum Gasteiger partial charge on any atom is 0.229 e. The first kappa shape index (κ1) is 12.4. The molecule has 18 heavy (non-hydrogen) atoms. The summed E-state index contributed by atoms with van der Waals surface area (Å²) in [5.41, 5.74) is 0.907. The molecule has 2 aromatic heterocycles. The third kappa shape index (κ3) is 2.98. The third-order valence-electron chi connectivity index (χ3n) is 2.30. The van der Waals surface area contributed by atoms with E-state index in [1.165, 1.54) is 12.1 Å². The fourth-order valence-electron chi connectivity index (χ4n) is 1.42. The summed E-state index contributed by atoms with van der Waals surface area (Å²) in [7, 11) is 0. The molecule has 0 saturated heterocycles. The second kappa shape index (κ2) is 5.50. The van der Waals surface area contributed by atoms with Gasteiger partial charge in [0.15, 0.2) is 5.05 Å². The number of hydrogen-bond acceptors (Lipinski definition) is 5. The maximum atomic E-state index is 9.37. The summed E-state index contributed by atoms with van der Waals surface area (Å²) >= 11 is 5.03. The van der Waals surface area contributed by atoms with Gasteiger partial charge in [-0.3, -0.25) is 4.98 Å². The first-order valence-corrected chi connectivity index (χ1v) is 5.78. The largest absolute Gasteiger partial charge is 0.492 e. The molecular weight excluding hydrogens is 252 g/mol. The summed E-state index contributed by atoms with van der Waals surface area (Å²) < 4.78 is 0.876. The van der Waals surface area contributed by atoms with Crippen molar-refractivity contribution in [3.05, 3.63) is 42.2 Å². The molecule has 0 amide bonds. The van der Waals surface area contributed by atoms with Gasteiger partial charge in [-0.15, -0.1) is 4.73 Å². The minimum absolute atomic E-state index is 0.201. The molecule has 2 N–H and O–H groups in total. The average molecular weight is 264 g/mol. The lowest BCUT2D eigenvalue weighted by Crippen LogP contribution is -2.17. The molecule has 0 bridgehead atoms. The van der Waals surface area contributed by atoms with Gasteiger partial charge in [-0.05, 0) is 30.8 Å². The van der Waals surface area contributed by atoms with Crippen LogP contribution in [0.5, 0.6) is 11.8 Å². The van der Waals surface area contributed by atoms with E-state index < -0.39 is 0 Å². The van der Waals surface area contributed by atoms with Gasteiger partial charge in [0.25, 0.3) is 0 Å². The SMILES string of the molecule is Oc1ccc(O)n1OC(=S)CCc1ccccn1. The molecule has 0 aliphatic heterocycles. The van der Waals surface area contributed by atoms with Crippen LogP contribution in [0.1, 0.15) is 12.1 Å². The Morgan fingerprint density at radius 2 is 1.94 bits per heavy atom. The Morgan fingerprint density at radius 1 is 1.22 bits per heavy atom. The maximum absolute atomic E-state index is 9.37. The van der Waals surface area contributed by atoms with Crippen LogP contribution in [0.25, 0.3) is 0 Å². The van der Waals surface area contributed by atoms with Crippen LogP contribution in [0, 0.1) is 0 Å². The van der Waals surface area contributed by atoms with Crippen LogP contribution in [-0.2, 0) is 6.42 Å². The van der Waals surface area contributed by atoms with E-state index in [0.717, 1.165) is 10.4 Å². The Morgan fingerprint density at radius 3 is 2.56 bits per heavy atom. The van der Waals surface area contributed by atoms with Gasteiger partial charge >= 0.3 is 0 Å². The molecule has 6 heteroatoms. The number of aromatic hydroxyl groups is 2. The molecule has 0 fully saturated rings. The molecule has 0 atom stereocenters. The van der Waals surface area contributed by atoms with E-state index in [0.29, 0.717) is 12.8 Å². The highest BCUT2D eigenvalue weighted by molar-refractivity contribution is 7.80. The molecule has 5 nitrogen and oxygen atoms in total. The molecule has 2 aromatic rings. The van der Waals surface area contributed by atoms with Gasteiger partial charge in [-0.2, -0.15) is 0 Å². The van der Waals surface area contributed by atoms with Gasteiger partial charge in [0.2, 0.25) is 11.8 Å². The topological polar surface area (TPSA) is 67.5 Å². The van der Waals surface area contributed by atoms with Crippen LogP contribution >= 0.6 is 12.2 Å². The molecule has 2 heterocycles. The fraction of sp³-hybridized carbons (Fsp3) is 0.167. The van der Waals surface area contributed by atoms with Gasteiger partial charge < -0.3 is 15.1 Å². The van der Waals surface area contributed by atoms with Crippen LogP contribution in [0.4, 0.5) is 0 Å². The van der Waals surface area contributed by atoms with Crippen molar-refractivity contribution in [1.82, 2.24) is 9.71 Å². The lowest BCUT2D eigenvalue weighted by atomic mass is 10.2. The average Bonchev–Trinajstić information content (AvgIpc) is 2.69. The zero-order valence-electron chi connectivity index (χ0n) is 9.48. The molecule has 0 radical (unpaired) electrons. The minimum Gasteiger partial charge on any atom is -0.492 e. The number of pyridine rings is 1. The smallest absolute Gasteiger partial charge is 0.229 e. The van der Waals surface area contributed by atoms with Gasteiger partial charge in [0.1, 0.15) is 0 Å². The van der Waals surface area contributed by atoms with Crippen molar-refractivity contribution >= 4 is 17.3 Å². The predicted molar refractivity (Wildman–Crippen MR) is 69.5 cm³/mol. The number of nitrogens with zero attached hydrogens (tertiary/aromatic N) is 2. The van der Waals surface area contributed by atoms with Gasteiger partial charge in [-0.25, -0.2) is 0 Å². The van der Waals surface area contributed by atoms with Crippen molar-refractivity contribution in [3.63, 3.8) is 0 Å². The second-order valence-corrected chi connectivity index (χ2v) is 4.08. The van der Waals surface area contributed by atoms with E-state index in [4.69, 9.17) is 17.1 Å². The normalized spacial score (nSPS) is 10.2. The quantitative estimate of drug-likeness (QED) is 0.822. The second-order valence-electron chi connectivity index (χ2n) is 3.63. The zero-order chi connectivity index (χ0) is 13.0. The summed E-state index contributed by atoms with van der Waals surface area (Å²) in [6.07, 6.45) is 2.83. The number of hydrogen-bond donors (Lipinski definition) is 2. The summed E-state index contributed by atoms with van der Waals surface area (Å²) in [5.74, 6) is -0.402. The van der Waals surface area contributed by atoms with Crippen molar-refractivity contribution in [2.24, 2.45) is 0 Å². The molecule has 0 saturated carbocycles. The van der Waals surface area contributed by atoms with E-state index in [2.05, 4.69) is 4.98 Å².